The minimum Gasteiger partial charge on any atom is -0.354 e. The molecule has 1 N–H and O–H groups in total. The molecule has 0 bridgehead atoms. The van der Waals surface area contributed by atoms with Crippen LogP contribution >= 0.6 is 0 Å². The third kappa shape index (κ3) is 4.68. The number of anilines is 1. The van der Waals surface area contributed by atoms with Crippen LogP contribution in [0.1, 0.15) is 31.9 Å². The second-order valence-corrected chi connectivity index (χ2v) is 5.59. The van der Waals surface area contributed by atoms with Crippen molar-refractivity contribution in [2.45, 2.75) is 34.6 Å². The molecular weight excluding hydrogens is 252 g/mol. The summed E-state index contributed by atoms with van der Waals surface area (Å²) in [5.41, 5.74) is 2.93. The second-order valence-electron chi connectivity index (χ2n) is 5.59. The molecule has 0 atom stereocenters. The maximum Gasteiger partial charge on any atom is 0.240 e. The number of nitrogens with zero attached hydrogens (tertiary/aromatic N) is 1. The summed E-state index contributed by atoms with van der Waals surface area (Å²) in [6.07, 6.45) is 0. The fourth-order valence-corrected chi connectivity index (χ4v) is 1.99. The first kappa shape index (κ1) is 16.2. The van der Waals surface area contributed by atoms with Gasteiger partial charge >= 0.3 is 0 Å². The number of rotatable bonds is 5. The summed E-state index contributed by atoms with van der Waals surface area (Å²) in [6.45, 7) is 10.2. The van der Waals surface area contributed by atoms with E-state index in [2.05, 4.69) is 5.32 Å². The van der Waals surface area contributed by atoms with Crippen molar-refractivity contribution >= 4 is 17.5 Å². The van der Waals surface area contributed by atoms with E-state index in [1.807, 2.05) is 45.9 Å². The highest BCUT2D eigenvalue weighted by atomic mass is 16.2. The molecule has 0 saturated carbocycles. The number of hydrogen-bond acceptors (Lipinski definition) is 2. The molecule has 4 nitrogen and oxygen atoms in total. The minimum atomic E-state index is -0.131. The lowest BCUT2D eigenvalue weighted by Crippen LogP contribution is -2.41. The van der Waals surface area contributed by atoms with Crippen LogP contribution in [0, 0.1) is 19.8 Å². The van der Waals surface area contributed by atoms with Crippen molar-refractivity contribution in [1.82, 2.24) is 5.32 Å². The molecule has 0 aliphatic heterocycles. The van der Waals surface area contributed by atoms with E-state index in [1.54, 1.807) is 0 Å². The maximum absolute atomic E-state index is 11.9. The third-order valence-electron chi connectivity index (χ3n) is 3.03. The van der Waals surface area contributed by atoms with Crippen molar-refractivity contribution in [2.75, 3.05) is 18.0 Å². The van der Waals surface area contributed by atoms with E-state index in [4.69, 9.17) is 0 Å². The van der Waals surface area contributed by atoms with E-state index in [0.29, 0.717) is 12.5 Å². The first-order chi connectivity index (χ1) is 9.31. The zero-order valence-electron chi connectivity index (χ0n) is 13.0. The number of amides is 2. The predicted octanol–water partition coefficient (Wildman–Crippen LogP) is 2.43. The fraction of sp³-hybridized carbons (Fsp3) is 0.500. The van der Waals surface area contributed by atoms with Crippen LogP contribution in [-0.2, 0) is 9.59 Å². The van der Waals surface area contributed by atoms with Crippen LogP contribution in [0.25, 0.3) is 0 Å². The number of carbonyl (C=O) groups is 2. The Hall–Kier alpha value is -1.84. The Morgan fingerprint density at radius 2 is 1.90 bits per heavy atom. The molecule has 0 aromatic heterocycles. The molecule has 0 saturated heterocycles. The summed E-state index contributed by atoms with van der Waals surface area (Å²) in [6, 6.07) is 5.85. The molecule has 0 unspecified atom stereocenters. The SMILES string of the molecule is CC(=O)N(CC(=O)NCC(C)C)c1ccc(C)cc1C. The van der Waals surface area contributed by atoms with Crippen molar-refractivity contribution in [2.24, 2.45) is 5.92 Å². The van der Waals surface area contributed by atoms with E-state index in [-0.39, 0.29) is 18.4 Å². The standard InChI is InChI=1S/C16H24N2O2/c1-11(2)9-17-16(20)10-18(14(5)19)15-7-6-12(3)8-13(15)4/h6-8,11H,9-10H2,1-5H3,(H,17,20). The van der Waals surface area contributed by atoms with Gasteiger partial charge in [-0.25, -0.2) is 0 Å². The highest BCUT2D eigenvalue weighted by Crippen LogP contribution is 2.21. The average molecular weight is 276 g/mol. The van der Waals surface area contributed by atoms with Crippen molar-refractivity contribution in [3.63, 3.8) is 0 Å². The smallest absolute Gasteiger partial charge is 0.240 e. The van der Waals surface area contributed by atoms with Gasteiger partial charge in [0.15, 0.2) is 0 Å². The molecule has 1 aromatic carbocycles. The van der Waals surface area contributed by atoms with Crippen LogP contribution in [0.2, 0.25) is 0 Å². The van der Waals surface area contributed by atoms with Gasteiger partial charge in [0.25, 0.3) is 0 Å². The lowest BCUT2D eigenvalue weighted by molar-refractivity contribution is -0.123. The molecule has 0 radical (unpaired) electrons. The molecule has 20 heavy (non-hydrogen) atoms. The summed E-state index contributed by atoms with van der Waals surface area (Å²) < 4.78 is 0. The van der Waals surface area contributed by atoms with Gasteiger partial charge in [0, 0.05) is 19.2 Å². The zero-order chi connectivity index (χ0) is 15.3. The van der Waals surface area contributed by atoms with E-state index in [1.165, 1.54) is 11.8 Å². The van der Waals surface area contributed by atoms with Gasteiger partial charge < -0.3 is 10.2 Å². The van der Waals surface area contributed by atoms with Crippen molar-refractivity contribution in [3.05, 3.63) is 29.3 Å². The van der Waals surface area contributed by atoms with Crippen LogP contribution in [0.4, 0.5) is 5.69 Å². The Morgan fingerprint density at radius 1 is 1.25 bits per heavy atom. The Bertz CT molecular complexity index is 495. The van der Waals surface area contributed by atoms with Crippen LogP contribution in [0.5, 0.6) is 0 Å². The first-order valence-corrected chi connectivity index (χ1v) is 6.93. The summed E-state index contributed by atoms with van der Waals surface area (Å²) in [5.74, 6) is 0.136. The molecule has 2 amide bonds. The van der Waals surface area contributed by atoms with Gasteiger partial charge in [0.05, 0.1) is 0 Å². The average Bonchev–Trinajstić information content (AvgIpc) is 2.34. The summed E-state index contributed by atoms with van der Waals surface area (Å²) in [4.78, 5) is 25.2. The molecule has 0 fully saturated rings. The fourth-order valence-electron chi connectivity index (χ4n) is 1.99. The molecule has 1 rings (SSSR count). The van der Waals surface area contributed by atoms with Crippen molar-refractivity contribution in [3.8, 4) is 0 Å². The lowest BCUT2D eigenvalue weighted by atomic mass is 10.1. The zero-order valence-corrected chi connectivity index (χ0v) is 13.0. The third-order valence-corrected chi connectivity index (χ3v) is 3.03. The van der Waals surface area contributed by atoms with Crippen LogP contribution < -0.4 is 10.2 Å². The molecule has 1 aromatic rings. The highest BCUT2D eigenvalue weighted by molar-refractivity contribution is 5.98. The second kappa shape index (κ2) is 7.08. The molecule has 110 valence electrons. The summed E-state index contributed by atoms with van der Waals surface area (Å²) in [5, 5.41) is 2.84. The molecule has 0 heterocycles. The van der Waals surface area contributed by atoms with Gasteiger partial charge in [-0.3, -0.25) is 9.59 Å². The largest absolute Gasteiger partial charge is 0.354 e. The number of carbonyl (C=O) groups excluding carboxylic acids is 2. The highest BCUT2D eigenvalue weighted by Gasteiger charge is 2.17. The number of aryl methyl sites for hydroxylation is 2. The van der Waals surface area contributed by atoms with Crippen LogP contribution in [-0.4, -0.2) is 24.9 Å². The van der Waals surface area contributed by atoms with Crippen molar-refractivity contribution < 1.29 is 9.59 Å². The normalized spacial score (nSPS) is 10.5. The quantitative estimate of drug-likeness (QED) is 0.898. The van der Waals surface area contributed by atoms with Gasteiger partial charge in [-0.1, -0.05) is 31.5 Å². The topological polar surface area (TPSA) is 49.4 Å². The summed E-state index contributed by atoms with van der Waals surface area (Å²) in [7, 11) is 0. The van der Waals surface area contributed by atoms with Crippen molar-refractivity contribution in [1.29, 1.82) is 0 Å². The van der Waals surface area contributed by atoms with Crippen LogP contribution in [0.3, 0.4) is 0 Å². The van der Waals surface area contributed by atoms with Gasteiger partial charge in [-0.05, 0) is 31.4 Å². The lowest BCUT2D eigenvalue weighted by Gasteiger charge is -2.23. The van der Waals surface area contributed by atoms with Gasteiger partial charge in [0.2, 0.25) is 11.8 Å². The molecule has 0 aliphatic carbocycles. The maximum atomic E-state index is 11.9. The van der Waals surface area contributed by atoms with E-state index >= 15 is 0 Å². The number of benzene rings is 1. The predicted molar refractivity (Wildman–Crippen MR) is 81.8 cm³/mol. The first-order valence-electron chi connectivity index (χ1n) is 6.93. The monoisotopic (exact) mass is 276 g/mol. The van der Waals surface area contributed by atoms with Gasteiger partial charge in [-0.2, -0.15) is 0 Å². The molecule has 0 aliphatic rings. The number of nitrogens with one attached hydrogen (secondary N) is 1. The number of hydrogen-bond donors (Lipinski definition) is 1. The Kier molecular flexibility index (Phi) is 5.74. The van der Waals surface area contributed by atoms with E-state index < -0.39 is 0 Å². The Balaban J connectivity index is 2.84. The summed E-state index contributed by atoms with van der Waals surface area (Å²) >= 11 is 0. The molecule has 4 heteroatoms. The van der Waals surface area contributed by atoms with Gasteiger partial charge in [-0.15, -0.1) is 0 Å². The van der Waals surface area contributed by atoms with Gasteiger partial charge in [0.1, 0.15) is 6.54 Å². The molecule has 0 spiro atoms. The Morgan fingerprint density at radius 3 is 2.40 bits per heavy atom. The molecular formula is C16H24N2O2. The van der Waals surface area contributed by atoms with E-state index in [0.717, 1.165) is 16.8 Å². The minimum absolute atomic E-state index is 0.0615. The van der Waals surface area contributed by atoms with E-state index in [9.17, 15) is 9.59 Å². The van der Waals surface area contributed by atoms with Crippen LogP contribution in [0.15, 0.2) is 18.2 Å². The Labute approximate surface area is 121 Å².